The van der Waals surface area contributed by atoms with Crippen molar-refractivity contribution < 1.29 is 4.74 Å². The monoisotopic (exact) mass is 262 g/mol. The predicted molar refractivity (Wildman–Crippen MR) is 74.8 cm³/mol. The van der Waals surface area contributed by atoms with Crippen molar-refractivity contribution in [2.75, 3.05) is 12.4 Å². The van der Waals surface area contributed by atoms with Gasteiger partial charge in [-0.1, -0.05) is 18.2 Å². The number of benzene rings is 1. The van der Waals surface area contributed by atoms with Crippen molar-refractivity contribution in [3.63, 3.8) is 0 Å². The topological polar surface area (TPSA) is 34.1 Å². The molecular weight excluding hydrogens is 248 g/mol. The van der Waals surface area contributed by atoms with Gasteiger partial charge >= 0.3 is 0 Å². The van der Waals surface area contributed by atoms with Crippen LogP contribution in [0.15, 0.2) is 42.6 Å². The first kappa shape index (κ1) is 12.7. The van der Waals surface area contributed by atoms with Crippen LogP contribution in [0.2, 0.25) is 0 Å². The Labute approximate surface area is 112 Å². The van der Waals surface area contributed by atoms with Gasteiger partial charge in [0, 0.05) is 11.9 Å². The van der Waals surface area contributed by atoms with Gasteiger partial charge in [-0.3, -0.25) is 0 Å². The molecule has 18 heavy (non-hydrogen) atoms. The first-order chi connectivity index (χ1) is 8.72. The highest BCUT2D eigenvalue weighted by Crippen LogP contribution is 2.31. The maximum Gasteiger partial charge on any atom is 0.173 e. The summed E-state index contributed by atoms with van der Waals surface area (Å²) < 4.78 is 5.26. The van der Waals surface area contributed by atoms with Crippen LogP contribution in [0.1, 0.15) is 17.9 Å². The Morgan fingerprint density at radius 3 is 2.72 bits per heavy atom. The summed E-state index contributed by atoms with van der Waals surface area (Å²) in [7, 11) is 1.62. The molecule has 0 aliphatic rings. The molecule has 0 amide bonds. The number of nitrogens with zero attached hydrogens (tertiary/aromatic N) is 1. The average molecular weight is 263 g/mol. The van der Waals surface area contributed by atoms with Gasteiger partial charge in [0.1, 0.15) is 0 Å². The third-order valence-electron chi connectivity index (χ3n) is 2.63. The molecule has 1 heterocycles. The summed E-state index contributed by atoms with van der Waals surface area (Å²) in [5, 5.41) is 3.19. The van der Waals surface area contributed by atoms with Gasteiger partial charge in [-0.05, 0) is 30.7 Å². The van der Waals surface area contributed by atoms with Crippen LogP contribution >= 0.6 is 11.6 Å². The van der Waals surface area contributed by atoms with Crippen molar-refractivity contribution in [3.05, 3.63) is 48.2 Å². The van der Waals surface area contributed by atoms with Crippen LogP contribution in [0.3, 0.4) is 0 Å². The number of halogens is 1. The van der Waals surface area contributed by atoms with Gasteiger partial charge in [-0.2, -0.15) is 0 Å². The number of hydrogen-bond donors (Lipinski definition) is 1. The summed E-state index contributed by atoms with van der Waals surface area (Å²) in [6, 6.07) is 11.6. The highest BCUT2D eigenvalue weighted by Gasteiger charge is 2.10. The molecule has 94 valence electrons. The molecule has 2 rings (SSSR count). The number of pyridine rings is 1. The number of hydrogen-bond acceptors (Lipinski definition) is 3. The largest absolute Gasteiger partial charge is 0.493 e. The van der Waals surface area contributed by atoms with Crippen molar-refractivity contribution in [2.45, 2.75) is 12.3 Å². The Balaban J connectivity index is 2.34. The van der Waals surface area contributed by atoms with Crippen molar-refractivity contribution >= 4 is 23.1 Å². The molecule has 0 fully saturated rings. The van der Waals surface area contributed by atoms with E-state index in [9.17, 15) is 0 Å². The van der Waals surface area contributed by atoms with E-state index < -0.39 is 0 Å². The van der Waals surface area contributed by atoms with Crippen LogP contribution in [0.4, 0.5) is 11.5 Å². The van der Waals surface area contributed by atoms with Gasteiger partial charge in [-0.25, -0.2) is 4.98 Å². The van der Waals surface area contributed by atoms with Gasteiger partial charge in [0.2, 0.25) is 0 Å². The van der Waals surface area contributed by atoms with Gasteiger partial charge in [0.15, 0.2) is 11.6 Å². The third kappa shape index (κ3) is 2.74. The molecular formula is C14H15ClN2O. The lowest BCUT2D eigenvalue weighted by Crippen LogP contribution is -2.00. The van der Waals surface area contributed by atoms with Gasteiger partial charge in [0.05, 0.1) is 12.5 Å². The Kier molecular flexibility index (Phi) is 4.05. The van der Waals surface area contributed by atoms with E-state index in [4.69, 9.17) is 16.3 Å². The summed E-state index contributed by atoms with van der Waals surface area (Å²) in [4.78, 5) is 4.27. The second kappa shape index (κ2) is 5.74. The smallest absolute Gasteiger partial charge is 0.173 e. The van der Waals surface area contributed by atoms with E-state index in [1.807, 2.05) is 43.3 Å². The standard InChI is InChI=1S/C14H15ClN2O/c1-10(15)11-6-3-4-7-12(11)17-14-13(18-2)8-5-9-16-14/h3-10H,1-2H3,(H,16,17). The van der Waals surface area contributed by atoms with E-state index in [1.165, 1.54) is 0 Å². The number of rotatable bonds is 4. The lowest BCUT2D eigenvalue weighted by molar-refractivity contribution is 0.415. The Morgan fingerprint density at radius 1 is 1.22 bits per heavy atom. The summed E-state index contributed by atoms with van der Waals surface area (Å²) in [6.07, 6.45) is 1.72. The van der Waals surface area contributed by atoms with Crippen LogP contribution in [0.25, 0.3) is 0 Å². The second-order valence-electron chi connectivity index (χ2n) is 3.88. The van der Waals surface area contributed by atoms with Crippen LogP contribution in [0.5, 0.6) is 5.75 Å². The van der Waals surface area contributed by atoms with E-state index in [2.05, 4.69) is 10.3 Å². The number of para-hydroxylation sites is 1. The minimum Gasteiger partial charge on any atom is -0.493 e. The number of anilines is 2. The van der Waals surface area contributed by atoms with Crippen molar-refractivity contribution in [1.29, 1.82) is 0 Å². The number of aromatic nitrogens is 1. The van der Waals surface area contributed by atoms with Crippen LogP contribution in [-0.4, -0.2) is 12.1 Å². The molecule has 1 aromatic carbocycles. The molecule has 1 aromatic heterocycles. The van der Waals surface area contributed by atoms with E-state index >= 15 is 0 Å². The highest BCUT2D eigenvalue weighted by molar-refractivity contribution is 6.21. The Morgan fingerprint density at radius 2 is 2.00 bits per heavy atom. The zero-order valence-corrected chi connectivity index (χ0v) is 11.1. The molecule has 0 aliphatic heterocycles. The number of alkyl halides is 1. The minimum absolute atomic E-state index is 0.0663. The molecule has 0 aliphatic carbocycles. The van der Waals surface area contributed by atoms with Crippen LogP contribution in [0, 0.1) is 0 Å². The molecule has 4 heteroatoms. The van der Waals surface area contributed by atoms with Gasteiger partial charge < -0.3 is 10.1 Å². The molecule has 0 radical (unpaired) electrons. The molecule has 2 aromatic rings. The molecule has 1 unspecified atom stereocenters. The Hall–Kier alpha value is -1.74. The number of methoxy groups -OCH3 is 1. The number of nitrogens with one attached hydrogen (secondary N) is 1. The van der Waals surface area contributed by atoms with Crippen LogP contribution in [-0.2, 0) is 0 Å². The van der Waals surface area contributed by atoms with E-state index in [1.54, 1.807) is 13.3 Å². The van der Waals surface area contributed by atoms with Crippen molar-refractivity contribution in [2.24, 2.45) is 0 Å². The molecule has 3 nitrogen and oxygen atoms in total. The SMILES string of the molecule is COc1cccnc1Nc1ccccc1C(C)Cl. The summed E-state index contributed by atoms with van der Waals surface area (Å²) in [5.41, 5.74) is 1.98. The molecule has 0 bridgehead atoms. The molecule has 0 saturated heterocycles. The molecule has 0 saturated carbocycles. The fraction of sp³-hybridized carbons (Fsp3) is 0.214. The fourth-order valence-corrected chi connectivity index (χ4v) is 1.92. The minimum atomic E-state index is -0.0663. The Bertz CT molecular complexity index is 529. The van der Waals surface area contributed by atoms with Gasteiger partial charge in [-0.15, -0.1) is 11.6 Å². The molecule has 0 spiro atoms. The molecule has 1 N–H and O–H groups in total. The van der Waals surface area contributed by atoms with Crippen molar-refractivity contribution in [3.8, 4) is 5.75 Å². The van der Waals surface area contributed by atoms with Crippen LogP contribution < -0.4 is 10.1 Å². The predicted octanol–water partition coefficient (Wildman–Crippen LogP) is 4.13. The lowest BCUT2D eigenvalue weighted by Gasteiger charge is -2.14. The van der Waals surface area contributed by atoms with E-state index in [0.29, 0.717) is 11.6 Å². The first-order valence-electron chi connectivity index (χ1n) is 5.71. The zero-order chi connectivity index (χ0) is 13.0. The van der Waals surface area contributed by atoms with Crippen molar-refractivity contribution in [1.82, 2.24) is 4.98 Å². The quantitative estimate of drug-likeness (QED) is 0.841. The maximum absolute atomic E-state index is 6.16. The van der Waals surface area contributed by atoms with E-state index in [-0.39, 0.29) is 5.38 Å². The summed E-state index contributed by atoms with van der Waals surface area (Å²) >= 11 is 6.16. The lowest BCUT2D eigenvalue weighted by atomic mass is 10.1. The zero-order valence-electron chi connectivity index (χ0n) is 10.4. The molecule has 1 atom stereocenters. The average Bonchev–Trinajstić information content (AvgIpc) is 2.40. The summed E-state index contributed by atoms with van der Waals surface area (Å²) in [5.74, 6) is 1.39. The normalized spacial score (nSPS) is 11.9. The maximum atomic E-state index is 6.16. The number of ether oxygens (including phenoxy) is 1. The first-order valence-corrected chi connectivity index (χ1v) is 6.15. The van der Waals surface area contributed by atoms with E-state index in [0.717, 1.165) is 11.3 Å². The summed E-state index contributed by atoms with van der Waals surface area (Å²) in [6.45, 7) is 1.94. The third-order valence-corrected chi connectivity index (χ3v) is 2.87. The highest BCUT2D eigenvalue weighted by atomic mass is 35.5. The fourth-order valence-electron chi connectivity index (χ4n) is 1.73. The second-order valence-corrected chi connectivity index (χ2v) is 4.54. The van der Waals surface area contributed by atoms with Gasteiger partial charge in [0.25, 0.3) is 0 Å².